The molecule has 0 aliphatic heterocycles. The van der Waals surface area contributed by atoms with Gasteiger partial charge in [-0.1, -0.05) is 52.3 Å². The van der Waals surface area contributed by atoms with Crippen LogP contribution in [-0.4, -0.2) is 22.8 Å². The molecule has 2 saturated carbocycles. The van der Waals surface area contributed by atoms with Gasteiger partial charge in [0.05, 0.1) is 6.10 Å². The number of Topliss-reactive ketones (excluding diaryl/α,β-unsaturated/α-hetero) is 2. The van der Waals surface area contributed by atoms with Gasteiger partial charge in [0.15, 0.2) is 5.78 Å². The molecular weight excluding hydrogens is 336 g/mol. The number of allylic oxidation sites excluding steroid dienone is 3. The fourth-order valence-electron chi connectivity index (χ4n) is 7.49. The molecule has 148 valence electrons. The van der Waals surface area contributed by atoms with Crippen molar-refractivity contribution >= 4 is 11.6 Å². The van der Waals surface area contributed by atoms with E-state index < -0.39 is 5.41 Å². The van der Waals surface area contributed by atoms with Crippen molar-refractivity contribution in [3.05, 3.63) is 23.3 Å². The highest BCUT2D eigenvalue weighted by Gasteiger charge is 2.68. The molecule has 0 spiro atoms. The molecule has 0 aromatic carbocycles. The summed E-state index contributed by atoms with van der Waals surface area (Å²) < 4.78 is 0. The van der Waals surface area contributed by atoms with Gasteiger partial charge >= 0.3 is 0 Å². The zero-order valence-electron chi connectivity index (χ0n) is 17.7. The third-order valence-electron chi connectivity index (χ3n) is 9.55. The molecule has 0 bridgehead atoms. The van der Waals surface area contributed by atoms with Crippen molar-refractivity contribution in [3.8, 4) is 0 Å². The number of hydrogen-bond acceptors (Lipinski definition) is 3. The highest BCUT2D eigenvalue weighted by atomic mass is 16.3. The lowest BCUT2D eigenvalue weighted by Gasteiger charge is -2.64. The van der Waals surface area contributed by atoms with Gasteiger partial charge < -0.3 is 5.11 Å². The number of carbonyl (C=O) groups is 2. The molecule has 27 heavy (non-hydrogen) atoms. The van der Waals surface area contributed by atoms with Crippen molar-refractivity contribution in [2.24, 2.45) is 33.5 Å². The average Bonchev–Trinajstić information content (AvgIpc) is 2.83. The Morgan fingerprint density at radius 2 is 1.78 bits per heavy atom. The molecule has 0 heterocycles. The second-order valence-corrected chi connectivity index (χ2v) is 10.8. The minimum Gasteiger partial charge on any atom is -0.392 e. The highest BCUT2D eigenvalue weighted by Crippen LogP contribution is 2.71. The third kappa shape index (κ3) is 2.07. The van der Waals surface area contributed by atoms with Crippen molar-refractivity contribution in [1.82, 2.24) is 0 Å². The van der Waals surface area contributed by atoms with Crippen molar-refractivity contribution in [2.45, 2.75) is 79.8 Å². The molecule has 0 radical (unpaired) electrons. The molecule has 3 heteroatoms. The third-order valence-corrected chi connectivity index (χ3v) is 9.55. The lowest BCUT2D eigenvalue weighted by Crippen LogP contribution is -2.62. The summed E-state index contributed by atoms with van der Waals surface area (Å²) in [5.41, 5.74) is 1.08. The Morgan fingerprint density at radius 1 is 1.11 bits per heavy atom. The van der Waals surface area contributed by atoms with E-state index in [0.717, 1.165) is 31.3 Å². The molecule has 0 saturated heterocycles. The molecule has 4 aliphatic rings. The zero-order valence-corrected chi connectivity index (χ0v) is 17.7. The summed E-state index contributed by atoms with van der Waals surface area (Å²) in [6.45, 7) is 12.6. The van der Waals surface area contributed by atoms with Crippen LogP contribution < -0.4 is 0 Å². The second-order valence-electron chi connectivity index (χ2n) is 10.8. The van der Waals surface area contributed by atoms with Gasteiger partial charge in [0.2, 0.25) is 0 Å². The molecule has 1 N–H and O–H groups in total. The Bertz CT molecular complexity index is 787. The number of rotatable bonds is 1. The van der Waals surface area contributed by atoms with E-state index in [1.807, 2.05) is 0 Å². The number of fused-ring (bicyclic) bond motifs is 5. The Kier molecular flexibility index (Phi) is 3.85. The summed E-state index contributed by atoms with van der Waals surface area (Å²) in [7, 11) is 0. The number of aliphatic hydroxyl groups is 1. The molecule has 4 aliphatic carbocycles. The van der Waals surface area contributed by atoms with Gasteiger partial charge in [-0.25, -0.2) is 0 Å². The summed E-state index contributed by atoms with van der Waals surface area (Å²) in [4.78, 5) is 26.1. The summed E-state index contributed by atoms with van der Waals surface area (Å²) in [6.07, 6.45) is 7.99. The molecular formula is C24H34O3. The van der Waals surface area contributed by atoms with Gasteiger partial charge in [0.25, 0.3) is 0 Å². The fraction of sp³-hybridized carbons (Fsp3) is 0.750. The number of aliphatic hydroxyl groups excluding tert-OH is 1. The Hall–Kier alpha value is -1.22. The first-order chi connectivity index (χ1) is 12.4. The summed E-state index contributed by atoms with van der Waals surface area (Å²) in [6, 6.07) is 0. The first-order valence-electron chi connectivity index (χ1n) is 10.5. The molecule has 2 fully saturated rings. The Labute approximate surface area is 163 Å². The van der Waals surface area contributed by atoms with Crippen LogP contribution in [0.15, 0.2) is 23.3 Å². The maximum absolute atomic E-state index is 13.7. The molecule has 0 unspecified atom stereocenters. The van der Waals surface area contributed by atoms with E-state index in [4.69, 9.17) is 0 Å². The number of hydrogen-bond donors (Lipinski definition) is 1. The van der Waals surface area contributed by atoms with Crippen LogP contribution in [0.4, 0.5) is 0 Å². The number of ketones is 2. The minimum atomic E-state index is -0.393. The quantitative estimate of drug-likeness (QED) is 0.684. The van der Waals surface area contributed by atoms with Crippen LogP contribution in [-0.2, 0) is 9.59 Å². The minimum absolute atomic E-state index is 0.0705. The summed E-state index contributed by atoms with van der Waals surface area (Å²) in [5, 5.41) is 10.6. The van der Waals surface area contributed by atoms with E-state index in [0.29, 0.717) is 12.2 Å². The van der Waals surface area contributed by atoms with E-state index >= 15 is 0 Å². The van der Waals surface area contributed by atoms with Crippen LogP contribution in [0.5, 0.6) is 0 Å². The van der Waals surface area contributed by atoms with Crippen LogP contribution in [0.25, 0.3) is 0 Å². The lowest BCUT2D eigenvalue weighted by atomic mass is 9.39. The molecule has 3 nitrogen and oxygen atoms in total. The van der Waals surface area contributed by atoms with Gasteiger partial charge in [-0.05, 0) is 55.4 Å². The van der Waals surface area contributed by atoms with Gasteiger partial charge in [0, 0.05) is 22.7 Å². The normalized spacial score (nSPS) is 48.1. The zero-order chi connectivity index (χ0) is 20.0. The molecule has 0 aromatic rings. The topological polar surface area (TPSA) is 54.4 Å². The maximum Gasteiger partial charge on any atom is 0.156 e. The van der Waals surface area contributed by atoms with Crippen molar-refractivity contribution < 1.29 is 14.7 Å². The van der Waals surface area contributed by atoms with Crippen LogP contribution in [0.2, 0.25) is 0 Å². The molecule has 6 atom stereocenters. The molecule has 4 rings (SSSR count). The average molecular weight is 371 g/mol. The summed E-state index contributed by atoms with van der Waals surface area (Å²) >= 11 is 0. The SMILES string of the molecule is CC(=O)C1=CC[C@@]2(C)[C@@H]3CC=C4[C@@H](CC[C@@H](O)C4(C)C)[C@]3(C)C(=O)C[C@]12C. The first-order valence-corrected chi connectivity index (χ1v) is 10.5. The van der Waals surface area contributed by atoms with Crippen LogP contribution in [0.3, 0.4) is 0 Å². The van der Waals surface area contributed by atoms with E-state index in [1.165, 1.54) is 5.57 Å². The van der Waals surface area contributed by atoms with Crippen LogP contribution in [0.1, 0.15) is 73.6 Å². The Balaban J connectivity index is 1.84. The monoisotopic (exact) mass is 370 g/mol. The smallest absolute Gasteiger partial charge is 0.156 e. The summed E-state index contributed by atoms with van der Waals surface area (Å²) in [5.74, 6) is 0.893. The van der Waals surface area contributed by atoms with E-state index in [-0.39, 0.29) is 40.0 Å². The van der Waals surface area contributed by atoms with Crippen LogP contribution >= 0.6 is 0 Å². The van der Waals surface area contributed by atoms with Gasteiger partial charge in [-0.3, -0.25) is 9.59 Å². The van der Waals surface area contributed by atoms with Crippen LogP contribution in [0, 0.1) is 33.5 Å². The van der Waals surface area contributed by atoms with Crippen molar-refractivity contribution in [1.29, 1.82) is 0 Å². The van der Waals surface area contributed by atoms with Crippen molar-refractivity contribution in [3.63, 3.8) is 0 Å². The first kappa shape index (κ1) is 19.1. The van der Waals surface area contributed by atoms with E-state index in [1.54, 1.807) is 6.92 Å². The molecule has 0 amide bonds. The largest absolute Gasteiger partial charge is 0.392 e. The van der Waals surface area contributed by atoms with Crippen molar-refractivity contribution in [2.75, 3.05) is 0 Å². The number of carbonyl (C=O) groups excluding carboxylic acids is 2. The van der Waals surface area contributed by atoms with Gasteiger partial charge in [0.1, 0.15) is 5.78 Å². The standard InChI is InChI=1S/C24H34O3/c1-14(25)15-11-12-22(4)18-9-7-16-17(8-10-19(26)21(16,2)3)24(18,6)20(27)13-23(15,22)5/h7,11,17-19,26H,8-10,12-13H2,1-6H3/t17-,18+,19-,22+,23-,24+/m1/s1. The van der Waals surface area contributed by atoms with Gasteiger partial charge in [-0.15, -0.1) is 0 Å². The lowest BCUT2D eigenvalue weighted by molar-refractivity contribution is -0.164. The predicted molar refractivity (Wildman–Crippen MR) is 106 cm³/mol. The Morgan fingerprint density at radius 3 is 2.41 bits per heavy atom. The highest BCUT2D eigenvalue weighted by molar-refractivity contribution is 5.98. The second kappa shape index (κ2) is 5.43. The van der Waals surface area contributed by atoms with E-state index in [2.05, 4.69) is 46.8 Å². The molecule has 0 aromatic heterocycles. The maximum atomic E-state index is 13.7. The van der Waals surface area contributed by atoms with Gasteiger partial charge in [-0.2, -0.15) is 0 Å². The van der Waals surface area contributed by atoms with E-state index in [9.17, 15) is 14.7 Å². The fourth-order valence-corrected chi connectivity index (χ4v) is 7.49. The predicted octanol–water partition coefficient (Wildman–Crippen LogP) is 4.64.